The molecule has 0 spiro atoms. The fourth-order valence-corrected chi connectivity index (χ4v) is 2.62. The van der Waals surface area contributed by atoms with Crippen LogP contribution >= 0.6 is 12.2 Å². The molecule has 1 N–H and O–H groups in total. The maximum absolute atomic E-state index is 12.3. The number of hydrogen-bond donors (Lipinski definition) is 1. The average Bonchev–Trinajstić information content (AvgIpc) is 2.80. The van der Waals surface area contributed by atoms with Crippen LogP contribution in [0, 0.1) is 4.77 Å². The number of fused-ring (bicyclic) bond motifs is 1. The SMILES string of the molecule is CCN(C)C(=O)C(C)n1c(=S)[nH]c2c(OC)cccc21. The van der Waals surface area contributed by atoms with Gasteiger partial charge in [0.05, 0.1) is 12.6 Å². The summed E-state index contributed by atoms with van der Waals surface area (Å²) in [5, 5.41) is 0. The molecule has 1 heterocycles. The first-order valence-electron chi connectivity index (χ1n) is 6.53. The number of likely N-dealkylation sites (N-methyl/N-ethyl adjacent to an activating group) is 1. The van der Waals surface area contributed by atoms with E-state index in [2.05, 4.69) is 4.98 Å². The molecule has 0 saturated heterocycles. The number of nitrogens with one attached hydrogen (secondary N) is 1. The zero-order chi connectivity index (χ0) is 14.9. The van der Waals surface area contributed by atoms with E-state index < -0.39 is 0 Å². The van der Waals surface area contributed by atoms with Gasteiger partial charge in [-0.3, -0.25) is 4.79 Å². The van der Waals surface area contributed by atoms with Gasteiger partial charge in [-0.25, -0.2) is 0 Å². The fraction of sp³-hybridized carbons (Fsp3) is 0.429. The summed E-state index contributed by atoms with van der Waals surface area (Å²) in [5.41, 5.74) is 1.69. The Morgan fingerprint density at radius 2 is 2.25 bits per heavy atom. The molecular weight excluding hydrogens is 274 g/mol. The van der Waals surface area contributed by atoms with Gasteiger partial charge < -0.3 is 19.2 Å². The zero-order valence-electron chi connectivity index (χ0n) is 12.1. The third kappa shape index (κ3) is 2.31. The molecule has 2 aromatic rings. The van der Waals surface area contributed by atoms with E-state index in [-0.39, 0.29) is 11.9 Å². The number of carbonyl (C=O) groups is 1. The number of imidazole rings is 1. The molecule has 0 saturated carbocycles. The van der Waals surface area contributed by atoms with E-state index in [4.69, 9.17) is 17.0 Å². The van der Waals surface area contributed by atoms with E-state index in [0.29, 0.717) is 11.3 Å². The van der Waals surface area contributed by atoms with Crippen LogP contribution in [0.1, 0.15) is 19.9 Å². The molecule has 5 nitrogen and oxygen atoms in total. The molecule has 0 bridgehead atoms. The number of hydrogen-bond acceptors (Lipinski definition) is 3. The van der Waals surface area contributed by atoms with E-state index in [1.165, 1.54) is 0 Å². The van der Waals surface area contributed by atoms with Crippen molar-refractivity contribution < 1.29 is 9.53 Å². The Morgan fingerprint density at radius 1 is 1.55 bits per heavy atom. The Bertz CT molecular complexity index is 689. The lowest BCUT2D eigenvalue weighted by molar-refractivity contribution is -0.132. The molecule has 0 radical (unpaired) electrons. The molecule has 0 fully saturated rings. The number of aromatic amines is 1. The third-order valence-corrected chi connectivity index (χ3v) is 3.83. The van der Waals surface area contributed by atoms with Crippen LogP contribution in [-0.4, -0.2) is 41.1 Å². The molecule has 0 aliphatic rings. The number of para-hydroxylation sites is 1. The number of carbonyl (C=O) groups excluding carboxylic acids is 1. The van der Waals surface area contributed by atoms with Crippen LogP contribution < -0.4 is 4.74 Å². The summed E-state index contributed by atoms with van der Waals surface area (Å²) in [4.78, 5) is 17.1. The number of methoxy groups -OCH3 is 1. The number of rotatable bonds is 4. The van der Waals surface area contributed by atoms with Crippen molar-refractivity contribution >= 4 is 29.2 Å². The second-order valence-electron chi connectivity index (χ2n) is 4.68. The van der Waals surface area contributed by atoms with E-state index in [1.54, 1.807) is 19.1 Å². The van der Waals surface area contributed by atoms with Gasteiger partial charge in [0, 0.05) is 13.6 Å². The first kappa shape index (κ1) is 14.6. The number of ether oxygens (including phenoxy) is 1. The van der Waals surface area contributed by atoms with Crippen molar-refractivity contribution in [3.05, 3.63) is 23.0 Å². The van der Waals surface area contributed by atoms with Crippen molar-refractivity contribution in [1.82, 2.24) is 14.5 Å². The van der Waals surface area contributed by atoms with Gasteiger partial charge in [-0.15, -0.1) is 0 Å². The second-order valence-corrected chi connectivity index (χ2v) is 5.07. The zero-order valence-corrected chi connectivity index (χ0v) is 13.0. The van der Waals surface area contributed by atoms with Crippen molar-refractivity contribution in [2.75, 3.05) is 20.7 Å². The Kier molecular flexibility index (Phi) is 4.13. The minimum absolute atomic E-state index is 0.0346. The molecule has 2 rings (SSSR count). The Labute approximate surface area is 123 Å². The molecule has 1 aromatic heterocycles. The predicted octanol–water partition coefficient (Wildman–Crippen LogP) is 2.75. The monoisotopic (exact) mass is 293 g/mol. The van der Waals surface area contributed by atoms with Crippen molar-refractivity contribution in [3.8, 4) is 5.75 Å². The van der Waals surface area contributed by atoms with Gasteiger partial charge >= 0.3 is 0 Å². The summed E-state index contributed by atoms with van der Waals surface area (Å²) >= 11 is 5.36. The van der Waals surface area contributed by atoms with E-state index in [0.717, 1.165) is 16.8 Å². The lowest BCUT2D eigenvalue weighted by Crippen LogP contribution is -2.32. The lowest BCUT2D eigenvalue weighted by Gasteiger charge is -2.21. The van der Waals surface area contributed by atoms with E-state index in [9.17, 15) is 4.79 Å². The topological polar surface area (TPSA) is 50.3 Å². The normalized spacial score (nSPS) is 12.4. The summed E-state index contributed by atoms with van der Waals surface area (Å²) in [6, 6.07) is 5.33. The largest absolute Gasteiger partial charge is 0.494 e. The highest BCUT2D eigenvalue weighted by atomic mass is 32.1. The van der Waals surface area contributed by atoms with Crippen molar-refractivity contribution in [3.63, 3.8) is 0 Å². The van der Waals surface area contributed by atoms with Gasteiger partial charge in [0.2, 0.25) is 5.91 Å². The molecule has 0 aliphatic heterocycles. The highest BCUT2D eigenvalue weighted by molar-refractivity contribution is 7.71. The Morgan fingerprint density at radius 3 is 2.85 bits per heavy atom. The van der Waals surface area contributed by atoms with Gasteiger partial charge in [-0.2, -0.15) is 0 Å². The van der Waals surface area contributed by atoms with Crippen molar-refractivity contribution in [1.29, 1.82) is 0 Å². The average molecular weight is 293 g/mol. The van der Waals surface area contributed by atoms with Gasteiger partial charge in [0.1, 0.15) is 17.3 Å². The lowest BCUT2D eigenvalue weighted by atomic mass is 10.2. The smallest absolute Gasteiger partial charge is 0.245 e. The summed E-state index contributed by atoms with van der Waals surface area (Å²) in [6.45, 7) is 4.47. The van der Waals surface area contributed by atoms with E-state index in [1.807, 2.05) is 36.6 Å². The van der Waals surface area contributed by atoms with Gasteiger partial charge in [0.15, 0.2) is 4.77 Å². The van der Waals surface area contributed by atoms with Gasteiger partial charge in [0.25, 0.3) is 0 Å². The molecule has 1 aromatic carbocycles. The highest BCUT2D eigenvalue weighted by Gasteiger charge is 2.21. The molecule has 0 aliphatic carbocycles. The number of H-pyrrole nitrogens is 1. The number of aromatic nitrogens is 2. The predicted molar refractivity (Wildman–Crippen MR) is 81.7 cm³/mol. The van der Waals surface area contributed by atoms with E-state index >= 15 is 0 Å². The molecule has 20 heavy (non-hydrogen) atoms. The van der Waals surface area contributed by atoms with Crippen LogP contribution in [0.4, 0.5) is 0 Å². The van der Waals surface area contributed by atoms with Crippen LogP contribution in [0.15, 0.2) is 18.2 Å². The summed E-state index contributed by atoms with van der Waals surface area (Å²) in [6.07, 6.45) is 0. The molecule has 6 heteroatoms. The van der Waals surface area contributed by atoms with Crippen molar-refractivity contribution in [2.45, 2.75) is 19.9 Å². The van der Waals surface area contributed by atoms with Crippen molar-refractivity contribution in [2.24, 2.45) is 0 Å². The quantitative estimate of drug-likeness (QED) is 0.882. The molecule has 1 atom stereocenters. The van der Waals surface area contributed by atoms with Crippen LogP contribution in [0.5, 0.6) is 5.75 Å². The van der Waals surface area contributed by atoms with Crippen LogP contribution in [0.2, 0.25) is 0 Å². The fourth-order valence-electron chi connectivity index (χ4n) is 2.26. The maximum atomic E-state index is 12.3. The molecule has 1 amide bonds. The maximum Gasteiger partial charge on any atom is 0.245 e. The minimum atomic E-state index is -0.353. The third-order valence-electron chi connectivity index (χ3n) is 3.53. The second kappa shape index (κ2) is 5.66. The minimum Gasteiger partial charge on any atom is -0.494 e. The summed E-state index contributed by atoms with van der Waals surface area (Å²) in [7, 11) is 3.40. The highest BCUT2D eigenvalue weighted by Crippen LogP contribution is 2.27. The van der Waals surface area contributed by atoms with Crippen LogP contribution in [0.3, 0.4) is 0 Å². The standard InChI is InChI=1S/C14H19N3O2S/c1-5-16(3)13(18)9(2)17-10-7-6-8-11(19-4)12(10)15-14(17)20/h6-9H,5H2,1-4H3,(H,15,20). The van der Waals surface area contributed by atoms with Crippen LogP contribution in [-0.2, 0) is 4.79 Å². The number of nitrogens with zero attached hydrogens (tertiary/aromatic N) is 2. The molecule has 1 unspecified atom stereocenters. The Balaban J connectivity index is 2.58. The van der Waals surface area contributed by atoms with Gasteiger partial charge in [-0.05, 0) is 38.2 Å². The first-order chi connectivity index (χ1) is 9.51. The van der Waals surface area contributed by atoms with Crippen LogP contribution in [0.25, 0.3) is 11.0 Å². The summed E-state index contributed by atoms with van der Waals surface area (Å²) in [5.74, 6) is 0.753. The molecular formula is C14H19N3O2S. The van der Waals surface area contributed by atoms with Gasteiger partial charge in [-0.1, -0.05) is 6.07 Å². The molecule has 108 valence electrons. The first-order valence-corrected chi connectivity index (χ1v) is 6.94. The number of benzene rings is 1. The Hall–Kier alpha value is -1.82. The number of amides is 1. The summed E-state index contributed by atoms with van der Waals surface area (Å²) < 4.78 is 7.68.